The molecule has 1 aromatic carbocycles. The fourth-order valence-corrected chi connectivity index (χ4v) is 3.01. The van der Waals surface area contributed by atoms with Crippen LogP contribution in [0.2, 0.25) is 0 Å². The van der Waals surface area contributed by atoms with Crippen LogP contribution in [0.25, 0.3) is 0 Å². The van der Waals surface area contributed by atoms with Crippen LogP contribution in [-0.4, -0.2) is 29.4 Å². The summed E-state index contributed by atoms with van der Waals surface area (Å²) in [6.07, 6.45) is 2.36. The molecule has 110 valence electrons. The third kappa shape index (κ3) is 3.12. The van der Waals surface area contributed by atoms with Crippen molar-refractivity contribution in [1.29, 1.82) is 0 Å². The highest BCUT2D eigenvalue weighted by Gasteiger charge is 2.33. The normalized spacial score (nSPS) is 21.1. The van der Waals surface area contributed by atoms with Gasteiger partial charge in [-0.2, -0.15) is 0 Å². The summed E-state index contributed by atoms with van der Waals surface area (Å²) in [7, 11) is 0. The topological polar surface area (TPSA) is 58.4 Å². The molecule has 0 spiro atoms. The number of nitrogen functional groups attached to an aromatic ring is 1. The molecule has 2 unspecified atom stereocenters. The summed E-state index contributed by atoms with van der Waals surface area (Å²) in [5, 5.41) is 2.94. The summed E-state index contributed by atoms with van der Waals surface area (Å²) in [6.45, 7) is 7.43. The fraction of sp³-hybridized carbons (Fsp3) is 0.562. The van der Waals surface area contributed by atoms with Crippen LogP contribution < -0.4 is 11.1 Å². The molecule has 1 amide bonds. The van der Waals surface area contributed by atoms with E-state index in [0.29, 0.717) is 23.3 Å². The Hall–Kier alpha value is -1.55. The monoisotopic (exact) mass is 275 g/mol. The summed E-state index contributed by atoms with van der Waals surface area (Å²) in [5.74, 6) is 0.602. The molecule has 0 saturated carbocycles. The van der Waals surface area contributed by atoms with E-state index in [2.05, 4.69) is 24.1 Å². The fourth-order valence-electron chi connectivity index (χ4n) is 3.01. The Balaban J connectivity index is 2.04. The number of nitrogens with one attached hydrogen (secondary N) is 1. The van der Waals surface area contributed by atoms with Gasteiger partial charge in [-0.1, -0.05) is 26.0 Å². The minimum Gasteiger partial charge on any atom is -0.397 e. The molecule has 0 bridgehead atoms. The maximum Gasteiger partial charge on any atom is 0.241 e. The van der Waals surface area contributed by atoms with Crippen LogP contribution in [0.5, 0.6) is 0 Å². The molecule has 1 aliphatic rings. The molecule has 1 aromatic rings. The first-order chi connectivity index (χ1) is 9.50. The largest absolute Gasteiger partial charge is 0.397 e. The molecule has 4 heteroatoms. The van der Waals surface area contributed by atoms with Gasteiger partial charge in [-0.15, -0.1) is 0 Å². The number of nitrogens with zero attached hydrogens (tertiary/aromatic N) is 1. The molecule has 1 aliphatic heterocycles. The van der Waals surface area contributed by atoms with E-state index in [0.717, 1.165) is 6.54 Å². The van der Waals surface area contributed by atoms with E-state index in [1.165, 1.54) is 12.8 Å². The lowest BCUT2D eigenvalue weighted by Gasteiger charge is -2.32. The number of amides is 1. The SMILES string of the molecule is CC(C)C1CCCN1C(C)C(=O)Nc1ccccc1N. The molecule has 3 N–H and O–H groups in total. The molecule has 1 fully saturated rings. The smallest absolute Gasteiger partial charge is 0.241 e. The lowest BCUT2D eigenvalue weighted by atomic mass is 10.0. The van der Waals surface area contributed by atoms with Crippen molar-refractivity contribution in [3.8, 4) is 0 Å². The second kappa shape index (κ2) is 6.27. The molecule has 2 atom stereocenters. The van der Waals surface area contributed by atoms with Gasteiger partial charge in [-0.05, 0) is 44.4 Å². The number of benzene rings is 1. The molecule has 0 radical (unpaired) electrons. The molecule has 20 heavy (non-hydrogen) atoms. The van der Waals surface area contributed by atoms with Crippen LogP contribution in [0.3, 0.4) is 0 Å². The highest BCUT2D eigenvalue weighted by molar-refractivity contribution is 5.97. The van der Waals surface area contributed by atoms with Crippen molar-refractivity contribution in [2.75, 3.05) is 17.6 Å². The van der Waals surface area contributed by atoms with Gasteiger partial charge < -0.3 is 11.1 Å². The van der Waals surface area contributed by atoms with Crippen LogP contribution in [0.1, 0.15) is 33.6 Å². The van der Waals surface area contributed by atoms with Crippen LogP contribution in [-0.2, 0) is 4.79 Å². The zero-order valence-electron chi connectivity index (χ0n) is 12.6. The van der Waals surface area contributed by atoms with Crippen molar-refractivity contribution in [3.05, 3.63) is 24.3 Å². The van der Waals surface area contributed by atoms with Crippen molar-refractivity contribution in [2.24, 2.45) is 5.92 Å². The van der Waals surface area contributed by atoms with E-state index < -0.39 is 0 Å². The Bertz CT molecular complexity index is 473. The van der Waals surface area contributed by atoms with Gasteiger partial charge in [0.25, 0.3) is 0 Å². The van der Waals surface area contributed by atoms with Gasteiger partial charge in [-0.25, -0.2) is 0 Å². The van der Waals surface area contributed by atoms with E-state index in [9.17, 15) is 4.79 Å². The Morgan fingerprint density at radius 1 is 1.35 bits per heavy atom. The van der Waals surface area contributed by atoms with Crippen molar-refractivity contribution < 1.29 is 4.79 Å². The molecule has 1 saturated heterocycles. The number of para-hydroxylation sites is 2. The number of rotatable bonds is 4. The number of hydrogen-bond donors (Lipinski definition) is 2. The highest BCUT2D eigenvalue weighted by Crippen LogP contribution is 2.26. The van der Waals surface area contributed by atoms with Crippen LogP contribution in [0.15, 0.2) is 24.3 Å². The summed E-state index contributed by atoms with van der Waals surface area (Å²) in [6, 6.07) is 7.76. The van der Waals surface area contributed by atoms with E-state index in [4.69, 9.17) is 5.73 Å². The zero-order valence-corrected chi connectivity index (χ0v) is 12.6. The molecule has 0 aromatic heterocycles. The van der Waals surface area contributed by atoms with Gasteiger partial charge in [0, 0.05) is 6.04 Å². The van der Waals surface area contributed by atoms with E-state index in [-0.39, 0.29) is 11.9 Å². The van der Waals surface area contributed by atoms with Crippen LogP contribution in [0.4, 0.5) is 11.4 Å². The predicted molar refractivity (Wildman–Crippen MR) is 83.5 cm³/mol. The number of carbonyl (C=O) groups is 1. The minimum absolute atomic E-state index is 0.0236. The summed E-state index contributed by atoms with van der Waals surface area (Å²) in [4.78, 5) is 14.7. The first-order valence-corrected chi connectivity index (χ1v) is 7.42. The zero-order chi connectivity index (χ0) is 14.7. The number of likely N-dealkylation sites (tertiary alicyclic amines) is 1. The lowest BCUT2D eigenvalue weighted by molar-refractivity contribution is -0.121. The summed E-state index contributed by atoms with van der Waals surface area (Å²) in [5.41, 5.74) is 7.17. The Morgan fingerprint density at radius 3 is 2.70 bits per heavy atom. The third-order valence-electron chi connectivity index (χ3n) is 4.21. The first kappa shape index (κ1) is 14.9. The Morgan fingerprint density at radius 2 is 2.05 bits per heavy atom. The standard InChI is InChI=1S/C16H25N3O/c1-11(2)15-9-6-10-19(15)12(3)16(20)18-14-8-5-4-7-13(14)17/h4-5,7-8,11-12,15H,6,9-10,17H2,1-3H3,(H,18,20). The Labute approximate surface area is 121 Å². The van der Waals surface area contributed by atoms with Crippen molar-refractivity contribution in [1.82, 2.24) is 4.90 Å². The van der Waals surface area contributed by atoms with E-state index in [1.807, 2.05) is 25.1 Å². The van der Waals surface area contributed by atoms with Gasteiger partial charge in [0.15, 0.2) is 0 Å². The van der Waals surface area contributed by atoms with Gasteiger partial charge >= 0.3 is 0 Å². The van der Waals surface area contributed by atoms with Crippen molar-refractivity contribution in [2.45, 2.75) is 45.7 Å². The van der Waals surface area contributed by atoms with Gasteiger partial charge in [-0.3, -0.25) is 9.69 Å². The highest BCUT2D eigenvalue weighted by atomic mass is 16.2. The van der Waals surface area contributed by atoms with Gasteiger partial charge in [0.05, 0.1) is 17.4 Å². The molecule has 2 rings (SSSR count). The molecule has 4 nitrogen and oxygen atoms in total. The minimum atomic E-state index is -0.121. The lowest BCUT2D eigenvalue weighted by Crippen LogP contribution is -2.46. The van der Waals surface area contributed by atoms with E-state index >= 15 is 0 Å². The quantitative estimate of drug-likeness (QED) is 0.831. The average molecular weight is 275 g/mol. The third-order valence-corrected chi connectivity index (χ3v) is 4.21. The van der Waals surface area contributed by atoms with Crippen LogP contribution in [0, 0.1) is 5.92 Å². The number of anilines is 2. The number of hydrogen-bond acceptors (Lipinski definition) is 3. The first-order valence-electron chi connectivity index (χ1n) is 7.42. The van der Waals surface area contributed by atoms with Crippen molar-refractivity contribution in [3.63, 3.8) is 0 Å². The second-order valence-corrected chi connectivity index (χ2v) is 5.94. The van der Waals surface area contributed by atoms with Crippen molar-refractivity contribution >= 4 is 17.3 Å². The number of carbonyl (C=O) groups excluding carboxylic acids is 1. The predicted octanol–water partition coefficient (Wildman–Crippen LogP) is 2.72. The van der Waals surface area contributed by atoms with Crippen LogP contribution >= 0.6 is 0 Å². The maximum absolute atomic E-state index is 12.4. The average Bonchev–Trinajstić information content (AvgIpc) is 2.89. The number of nitrogens with two attached hydrogens (primary N) is 1. The maximum atomic E-state index is 12.4. The molecule has 1 heterocycles. The summed E-state index contributed by atoms with van der Waals surface area (Å²) < 4.78 is 0. The van der Waals surface area contributed by atoms with Gasteiger partial charge in [0.1, 0.15) is 0 Å². The second-order valence-electron chi connectivity index (χ2n) is 5.94. The summed E-state index contributed by atoms with van der Waals surface area (Å²) >= 11 is 0. The van der Waals surface area contributed by atoms with Gasteiger partial charge in [0.2, 0.25) is 5.91 Å². The Kier molecular flexibility index (Phi) is 4.65. The molecular weight excluding hydrogens is 250 g/mol. The van der Waals surface area contributed by atoms with E-state index in [1.54, 1.807) is 6.07 Å². The molecular formula is C16H25N3O. The molecule has 0 aliphatic carbocycles.